The van der Waals surface area contributed by atoms with Crippen LogP contribution in [0.4, 0.5) is 0 Å². The Morgan fingerprint density at radius 1 is 1.33 bits per heavy atom. The molecule has 0 spiro atoms. The van der Waals surface area contributed by atoms with Gasteiger partial charge in [0, 0.05) is 4.47 Å². The fourth-order valence-corrected chi connectivity index (χ4v) is 2.86. The highest BCUT2D eigenvalue weighted by Gasteiger charge is 2.40. The Labute approximate surface area is 139 Å². The van der Waals surface area contributed by atoms with Crippen molar-refractivity contribution in [2.75, 3.05) is 0 Å². The molecule has 1 aliphatic rings. The largest absolute Gasteiger partial charge is 0.338 e. The van der Waals surface area contributed by atoms with Gasteiger partial charge in [-0.2, -0.15) is 4.98 Å². The van der Waals surface area contributed by atoms with E-state index in [4.69, 9.17) is 10.3 Å². The van der Waals surface area contributed by atoms with E-state index in [-0.39, 0.29) is 23.4 Å². The Bertz CT molecular complexity index is 637. The number of benzene rings is 1. The maximum absolute atomic E-state index is 6.25. The van der Waals surface area contributed by atoms with Crippen LogP contribution in [0.3, 0.4) is 0 Å². The van der Waals surface area contributed by atoms with Crippen LogP contribution in [-0.4, -0.2) is 10.1 Å². The number of hydrogen-bond donors (Lipinski definition) is 1. The van der Waals surface area contributed by atoms with Crippen molar-refractivity contribution in [3.05, 3.63) is 46.0 Å². The SMILES string of the molecule is CC(C)(c1cccc(Br)c1)c1nc(C2(N)CCC2)no1.Cl. The van der Waals surface area contributed by atoms with E-state index >= 15 is 0 Å². The molecule has 0 saturated heterocycles. The van der Waals surface area contributed by atoms with Crippen molar-refractivity contribution in [3.8, 4) is 0 Å². The van der Waals surface area contributed by atoms with Crippen LogP contribution in [0.25, 0.3) is 0 Å². The number of halogens is 2. The summed E-state index contributed by atoms with van der Waals surface area (Å²) in [7, 11) is 0. The van der Waals surface area contributed by atoms with Crippen LogP contribution in [-0.2, 0) is 11.0 Å². The second-order valence-electron chi connectivity index (χ2n) is 6.07. The van der Waals surface area contributed by atoms with E-state index in [2.05, 4.69) is 52.1 Å². The van der Waals surface area contributed by atoms with Crippen molar-refractivity contribution in [2.24, 2.45) is 5.73 Å². The van der Waals surface area contributed by atoms with Crippen LogP contribution in [0.1, 0.15) is 50.4 Å². The normalized spacial score (nSPS) is 17.0. The molecular formula is C15H19BrClN3O. The van der Waals surface area contributed by atoms with Crippen molar-refractivity contribution >= 4 is 28.3 Å². The van der Waals surface area contributed by atoms with E-state index < -0.39 is 0 Å². The van der Waals surface area contributed by atoms with Gasteiger partial charge in [-0.25, -0.2) is 0 Å². The van der Waals surface area contributed by atoms with Crippen molar-refractivity contribution < 1.29 is 4.52 Å². The van der Waals surface area contributed by atoms with Crippen LogP contribution in [0, 0.1) is 0 Å². The lowest BCUT2D eigenvalue weighted by molar-refractivity contribution is 0.228. The maximum atomic E-state index is 6.25. The van der Waals surface area contributed by atoms with E-state index in [0.717, 1.165) is 29.3 Å². The van der Waals surface area contributed by atoms with Crippen LogP contribution in [0.2, 0.25) is 0 Å². The maximum Gasteiger partial charge on any atom is 0.236 e. The fraction of sp³-hybridized carbons (Fsp3) is 0.467. The molecular weight excluding hydrogens is 354 g/mol. The first kappa shape index (κ1) is 16.5. The van der Waals surface area contributed by atoms with Gasteiger partial charge in [-0.1, -0.05) is 33.2 Å². The first-order chi connectivity index (χ1) is 9.42. The molecule has 1 saturated carbocycles. The van der Waals surface area contributed by atoms with Crippen LogP contribution < -0.4 is 5.73 Å². The number of nitrogens with zero attached hydrogens (tertiary/aromatic N) is 2. The highest BCUT2D eigenvalue weighted by Crippen LogP contribution is 2.39. The second kappa shape index (κ2) is 5.71. The number of nitrogens with two attached hydrogens (primary N) is 1. The Morgan fingerprint density at radius 2 is 2.05 bits per heavy atom. The molecule has 114 valence electrons. The molecule has 21 heavy (non-hydrogen) atoms. The van der Waals surface area contributed by atoms with Crippen LogP contribution in [0.5, 0.6) is 0 Å². The molecule has 0 radical (unpaired) electrons. The van der Waals surface area contributed by atoms with Crippen molar-refractivity contribution in [3.63, 3.8) is 0 Å². The van der Waals surface area contributed by atoms with Gasteiger partial charge >= 0.3 is 0 Å². The summed E-state index contributed by atoms with van der Waals surface area (Å²) >= 11 is 3.50. The van der Waals surface area contributed by atoms with E-state index in [1.54, 1.807) is 0 Å². The summed E-state index contributed by atoms with van der Waals surface area (Å²) in [5.74, 6) is 1.25. The molecule has 2 aromatic rings. The van der Waals surface area contributed by atoms with E-state index in [1.807, 2.05) is 12.1 Å². The fourth-order valence-electron chi connectivity index (χ4n) is 2.46. The van der Waals surface area contributed by atoms with Gasteiger partial charge in [-0.3, -0.25) is 0 Å². The first-order valence-corrected chi connectivity index (χ1v) is 7.61. The van der Waals surface area contributed by atoms with Crippen LogP contribution >= 0.6 is 28.3 Å². The number of rotatable bonds is 3. The molecule has 4 nitrogen and oxygen atoms in total. The Kier molecular flexibility index (Phi) is 4.47. The van der Waals surface area contributed by atoms with Gasteiger partial charge in [0.2, 0.25) is 5.89 Å². The molecule has 0 aliphatic heterocycles. The van der Waals surface area contributed by atoms with Crippen molar-refractivity contribution in [2.45, 2.75) is 44.1 Å². The predicted octanol–water partition coefficient (Wildman–Crippen LogP) is 3.92. The number of aromatic nitrogens is 2. The molecule has 0 amide bonds. The van der Waals surface area contributed by atoms with Gasteiger partial charge in [0.1, 0.15) is 0 Å². The summed E-state index contributed by atoms with van der Waals surface area (Å²) in [5, 5.41) is 4.10. The Balaban J connectivity index is 0.00000161. The van der Waals surface area contributed by atoms with Gasteiger partial charge in [0.25, 0.3) is 0 Å². The summed E-state index contributed by atoms with van der Waals surface area (Å²) < 4.78 is 6.53. The van der Waals surface area contributed by atoms with Gasteiger partial charge in [0.15, 0.2) is 5.82 Å². The highest BCUT2D eigenvalue weighted by atomic mass is 79.9. The zero-order chi connectivity index (χ0) is 14.4. The van der Waals surface area contributed by atoms with Gasteiger partial charge in [0.05, 0.1) is 11.0 Å². The molecule has 1 fully saturated rings. The second-order valence-corrected chi connectivity index (χ2v) is 6.98. The highest BCUT2D eigenvalue weighted by molar-refractivity contribution is 9.10. The van der Waals surface area contributed by atoms with E-state index in [1.165, 1.54) is 0 Å². The van der Waals surface area contributed by atoms with E-state index in [9.17, 15) is 0 Å². The zero-order valence-electron chi connectivity index (χ0n) is 12.1. The van der Waals surface area contributed by atoms with Gasteiger partial charge < -0.3 is 10.3 Å². The first-order valence-electron chi connectivity index (χ1n) is 6.81. The van der Waals surface area contributed by atoms with E-state index in [0.29, 0.717) is 11.7 Å². The summed E-state index contributed by atoms with van der Waals surface area (Å²) in [6, 6.07) is 8.15. The predicted molar refractivity (Wildman–Crippen MR) is 87.5 cm³/mol. The minimum atomic E-state index is -0.380. The zero-order valence-corrected chi connectivity index (χ0v) is 14.5. The molecule has 0 atom stereocenters. The topological polar surface area (TPSA) is 64.9 Å². The Hall–Kier alpha value is -0.910. The lowest BCUT2D eigenvalue weighted by atomic mass is 9.77. The molecule has 6 heteroatoms. The molecule has 1 heterocycles. The molecule has 0 unspecified atom stereocenters. The third kappa shape index (κ3) is 2.87. The monoisotopic (exact) mass is 371 g/mol. The number of hydrogen-bond acceptors (Lipinski definition) is 4. The minimum absolute atomic E-state index is 0. The van der Waals surface area contributed by atoms with Crippen LogP contribution in [0.15, 0.2) is 33.3 Å². The lowest BCUT2D eigenvalue weighted by Crippen LogP contribution is -2.44. The molecule has 1 aliphatic carbocycles. The molecule has 3 rings (SSSR count). The summed E-state index contributed by atoms with van der Waals surface area (Å²) in [4.78, 5) is 4.56. The molecule has 1 aromatic heterocycles. The molecule has 0 bridgehead atoms. The summed E-state index contributed by atoms with van der Waals surface area (Å²) in [6.07, 6.45) is 3.00. The summed E-state index contributed by atoms with van der Waals surface area (Å²) in [6.45, 7) is 4.16. The molecule has 2 N–H and O–H groups in total. The van der Waals surface area contributed by atoms with Crippen molar-refractivity contribution in [1.29, 1.82) is 0 Å². The average molecular weight is 373 g/mol. The molecule has 1 aromatic carbocycles. The average Bonchev–Trinajstić information content (AvgIpc) is 2.86. The Morgan fingerprint density at radius 3 is 2.62 bits per heavy atom. The third-order valence-corrected chi connectivity index (χ3v) is 4.69. The van der Waals surface area contributed by atoms with Gasteiger partial charge in [-0.15, -0.1) is 12.4 Å². The standard InChI is InChI=1S/C15H18BrN3O.ClH/c1-14(2,10-5-3-6-11(16)9-10)13-18-12(19-20-13)15(17)7-4-8-15;/h3,5-6,9H,4,7-8,17H2,1-2H3;1H. The van der Waals surface area contributed by atoms with Gasteiger partial charge in [-0.05, 0) is 50.8 Å². The van der Waals surface area contributed by atoms with Crippen molar-refractivity contribution in [1.82, 2.24) is 10.1 Å². The minimum Gasteiger partial charge on any atom is -0.338 e. The summed E-state index contributed by atoms with van der Waals surface area (Å²) in [5.41, 5.74) is 6.66. The third-order valence-electron chi connectivity index (χ3n) is 4.20. The lowest BCUT2D eigenvalue weighted by Gasteiger charge is -2.34. The smallest absolute Gasteiger partial charge is 0.236 e. The quantitative estimate of drug-likeness (QED) is 0.887.